The standard InChI is InChI=1S/C15H17N3O2S/c16-14-5-9-18(15(14)6-7-15)21(19,20)13-3-1-2-11-10-17-8-4-12(11)13/h1-4,8,10,14H,5-7,9,16H2. The Morgan fingerprint density at radius 3 is 2.86 bits per heavy atom. The summed E-state index contributed by atoms with van der Waals surface area (Å²) in [4.78, 5) is 4.42. The molecule has 1 spiro atoms. The van der Waals surface area contributed by atoms with Gasteiger partial charge in [0.25, 0.3) is 0 Å². The van der Waals surface area contributed by atoms with E-state index in [0.717, 1.165) is 30.0 Å². The average molecular weight is 303 g/mol. The van der Waals surface area contributed by atoms with Crippen LogP contribution < -0.4 is 5.73 Å². The molecule has 4 rings (SSSR count). The predicted octanol–water partition coefficient (Wildman–Crippen LogP) is 1.49. The van der Waals surface area contributed by atoms with Gasteiger partial charge in [-0.15, -0.1) is 0 Å². The van der Waals surface area contributed by atoms with Crippen molar-refractivity contribution in [3.05, 3.63) is 36.7 Å². The molecule has 2 N–H and O–H groups in total. The molecule has 0 bridgehead atoms. The van der Waals surface area contributed by atoms with E-state index >= 15 is 0 Å². The summed E-state index contributed by atoms with van der Waals surface area (Å²) in [5, 5.41) is 1.57. The molecule has 0 amide bonds. The predicted molar refractivity (Wildman–Crippen MR) is 80.2 cm³/mol. The van der Waals surface area contributed by atoms with Crippen LogP contribution in [0, 0.1) is 0 Å². The minimum atomic E-state index is -3.52. The van der Waals surface area contributed by atoms with Gasteiger partial charge in [-0.05, 0) is 31.4 Å². The van der Waals surface area contributed by atoms with Crippen molar-refractivity contribution in [1.82, 2.24) is 9.29 Å². The van der Waals surface area contributed by atoms with Crippen molar-refractivity contribution in [3.8, 4) is 0 Å². The lowest BCUT2D eigenvalue weighted by atomic mass is 10.1. The Hall–Kier alpha value is -1.50. The Morgan fingerprint density at radius 2 is 2.10 bits per heavy atom. The van der Waals surface area contributed by atoms with Gasteiger partial charge in [-0.25, -0.2) is 8.42 Å². The molecule has 1 saturated carbocycles. The lowest BCUT2D eigenvalue weighted by Crippen LogP contribution is -2.44. The van der Waals surface area contributed by atoms with Crippen molar-refractivity contribution >= 4 is 20.8 Å². The van der Waals surface area contributed by atoms with Gasteiger partial charge in [0.1, 0.15) is 0 Å². The van der Waals surface area contributed by atoms with Gasteiger partial charge in [0.05, 0.1) is 10.4 Å². The summed E-state index contributed by atoms with van der Waals surface area (Å²) in [6.45, 7) is 0.519. The van der Waals surface area contributed by atoms with Crippen molar-refractivity contribution in [2.24, 2.45) is 5.73 Å². The summed E-state index contributed by atoms with van der Waals surface area (Å²) < 4.78 is 27.8. The van der Waals surface area contributed by atoms with E-state index in [1.807, 2.05) is 6.07 Å². The number of rotatable bonds is 2. The van der Waals surface area contributed by atoms with E-state index in [2.05, 4.69) is 4.98 Å². The first-order valence-electron chi connectivity index (χ1n) is 7.17. The Labute approximate surface area is 123 Å². The van der Waals surface area contributed by atoms with Crippen molar-refractivity contribution in [1.29, 1.82) is 0 Å². The number of fused-ring (bicyclic) bond motifs is 1. The van der Waals surface area contributed by atoms with Crippen LogP contribution in [-0.2, 0) is 10.0 Å². The van der Waals surface area contributed by atoms with Crippen LogP contribution in [0.4, 0.5) is 0 Å². The molecule has 21 heavy (non-hydrogen) atoms. The molecule has 2 heterocycles. The summed E-state index contributed by atoms with van der Waals surface area (Å²) in [7, 11) is -3.52. The van der Waals surface area contributed by atoms with Crippen LogP contribution in [-0.4, -0.2) is 35.8 Å². The summed E-state index contributed by atoms with van der Waals surface area (Å²) in [5.74, 6) is 0. The zero-order valence-electron chi connectivity index (χ0n) is 11.6. The number of benzene rings is 1. The number of aromatic nitrogens is 1. The topological polar surface area (TPSA) is 76.3 Å². The smallest absolute Gasteiger partial charge is 0.244 e. The maximum atomic E-state index is 13.1. The minimum absolute atomic E-state index is 0.0380. The molecule has 1 unspecified atom stereocenters. The van der Waals surface area contributed by atoms with Crippen LogP contribution in [0.15, 0.2) is 41.6 Å². The highest BCUT2D eigenvalue weighted by atomic mass is 32.2. The van der Waals surface area contributed by atoms with Gasteiger partial charge in [0.15, 0.2) is 0 Å². The van der Waals surface area contributed by atoms with Gasteiger partial charge in [-0.2, -0.15) is 4.31 Å². The molecule has 0 radical (unpaired) electrons. The highest BCUT2D eigenvalue weighted by molar-refractivity contribution is 7.89. The molecule has 1 aliphatic carbocycles. The molecule has 1 saturated heterocycles. The maximum Gasteiger partial charge on any atom is 0.244 e. The van der Waals surface area contributed by atoms with E-state index in [9.17, 15) is 8.42 Å². The van der Waals surface area contributed by atoms with Gasteiger partial charge in [-0.3, -0.25) is 4.98 Å². The second kappa shape index (κ2) is 4.25. The molecular formula is C15H17N3O2S. The first-order chi connectivity index (χ1) is 10.1. The molecule has 1 aromatic heterocycles. The number of pyridine rings is 1. The van der Waals surface area contributed by atoms with E-state index in [1.165, 1.54) is 0 Å². The third-order valence-electron chi connectivity index (χ3n) is 4.80. The molecule has 1 aliphatic heterocycles. The number of hydrogen-bond acceptors (Lipinski definition) is 4. The maximum absolute atomic E-state index is 13.1. The Morgan fingerprint density at radius 1 is 1.29 bits per heavy atom. The Kier molecular flexibility index (Phi) is 2.67. The first kappa shape index (κ1) is 13.2. The normalized spacial score (nSPS) is 24.7. The van der Waals surface area contributed by atoms with Gasteiger partial charge in [0, 0.05) is 35.8 Å². The number of nitrogens with two attached hydrogens (primary N) is 1. The summed E-state index contributed by atoms with van der Waals surface area (Å²) >= 11 is 0. The summed E-state index contributed by atoms with van der Waals surface area (Å²) in [5.41, 5.74) is 5.81. The summed E-state index contributed by atoms with van der Waals surface area (Å²) in [6, 6.07) is 7.05. The van der Waals surface area contributed by atoms with Gasteiger partial charge >= 0.3 is 0 Å². The van der Waals surface area contributed by atoms with Gasteiger partial charge in [0.2, 0.25) is 10.0 Å². The zero-order valence-corrected chi connectivity index (χ0v) is 12.4. The minimum Gasteiger partial charge on any atom is -0.326 e. The van der Waals surface area contributed by atoms with Crippen LogP contribution in [0.1, 0.15) is 19.3 Å². The Balaban J connectivity index is 1.88. The highest BCUT2D eigenvalue weighted by Crippen LogP contribution is 2.51. The lowest BCUT2D eigenvalue weighted by Gasteiger charge is -2.26. The van der Waals surface area contributed by atoms with E-state index in [-0.39, 0.29) is 11.6 Å². The average Bonchev–Trinajstić information content (AvgIpc) is 3.20. The van der Waals surface area contributed by atoms with Crippen molar-refractivity contribution in [3.63, 3.8) is 0 Å². The van der Waals surface area contributed by atoms with Crippen molar-refractivity contribution < 1.29 is 8.42 Å². The van der Waals surface area contributed by atoms with Crippen molar-refractivity contribution in [2.75, 3.05) is 6.54 Å². The second-order valence-electron chi connectivity index (χ2n) is 5.93. The van der Waals surface area contributed by atoms with Gasteiger partial charge < -0.3 is 5.73 Å². The first-order valence-corrected chi connectivity index (χ1v) is 8.61. The molecule has 1 aromatic carbocycles. The van der Waals surface area contributed by atoms with E-state index in [1.54, 1.807) is 34.9 Å². The monoisotopic (exact) mass is 303 g/mol. The number of hydrogen-bond donors (Lipinski definition) is 1. The molecule has 2 aromatic rings. The summed E-state index contributed by atoms with van der Waals surface area (Å²) in [6.07, 6.45) is 5.81. The van der Waals surface area contributed by atoms with Crippen LogP contribution in [0.2, 0.25) is 0 Å². The highest BCUT2D eigenvalue weighted by Gasteiger charge is 2.60. The molecule has 2 aliphatic rings. The molecule has 6 heteroatoms. The molecule has 2 fully saturated rings. The van der Waals surface area contributed by atoms with E-state index in [0.29, 0.717) is 11.4 Å². The van der Waals surface area contributed by atoms with Crippen LogP contribution in [0.25, 0.3) is 10.8 Å². The third kappa shape index (κ3) is 1.76. The molecular weight excluding hydrogens is 286 g/mol. The van der Waals surface area contributed by atoms with Crippen LogP contribution in [0.5, 0.6) is 0 Å². The largest absolute Gasteiger partial charge is 0.326 e. The number of nitrogens with zero attached hydrogens (tertiary/aromatic N) is 2. The lowest BCUT2D eigenvalue weighted by molar-refractivity contribution is 0.353. The zero-order chi connectivity index (χ0) is 14.7. The fourth-order valence-corrected chi connectivity index (χ4v) is 5.57. The quantitative estimate of drug-likeness (QED) is 0.912. The fraction of sp³-hybridized carbons (Fsp3) is 0.400. The number of sulfonamides is 1. The van der Waals surface area contributed by atoms with Crippen LogP contribution in [0.3, 0.4) is 0 Å². The molecule has 1 atom stereocenters. The molecule has 110 valence electrons. The van der Waals surface area contributed by atoms with Crippen molar-refractivity contribution in [2.45, 2.75) is 35.7 Å². The third-order valence-corrected chi connectivity index (χ3v) is 6.84. The van der Waals surface area contributed by atoms with E-state index in [4.69, 9.17) is 5.73 Å². The van der Waals surface area contributed by atoms with E-state index < -0.39 is 10.0 Å². The Bertz CT molecular complexity index is 809. The molecule has 5 nitrogen and oxygen atoms in total. The fourth-order valence-electron chi connectivity index (χ4n) is 3.48. The second-order valence-corrected chi connectivity index (χ2v) is 7.76. The van der Waals surface area contributed by atoms with Gasteiger partial charge in [-0.1, -0.05) is 12.1 Å². The SMILES string of the molecule is NC1CCN(S(=O)(=O)c2cccc3cnccc23)C12CC2. The van der Waals surface area contributed by atoms with Crippen LogP contribution >= 0.6 is 0 Å².